The van der Waals surface area contributed by atoms with Gasteiger partial charge < -0.3 is 4.89 Å². The summed E-state index contributed by atoms with van der Waals surface area (Å²) >= 11 is 0. The third-order valence-electron chi connectivity index (χ3n) is 5.83. The zero-order valence-corrected chi connectivity index (χ0v) is 19.9. The first-order valence-corrected chi connectivity index (χ1v) is 12.6. The van der Waals surface area contributed by atoms with Gasteiger partial charge in [-0.2, -0.15) is 0 Å². The van der Waals surface area contributed by atoms with Crippen LogP contribution < -0.4 is 4.89 Å². The number of rotatable bonds is 18. The van der Waals surface area contributed by atoms with Crippen LogP contribution in [0.1, 0.15) is 110 Å². The molecule has 0 aliphatic carbocycles. The molecule has 0 amide bonds. The number of hydrogen-bond acceptors (Lipinski definition) is 2. The highest BCUT2D eigenvalue weighted by Crippen LogP contribution is 2.45. The maximum Gasteiger partial charge on any atom is 0.376 e. The first-order chi connectivity index (χ1) is 12.8. The second-order valence-corrected chi connectivity index (χ2v) is 10.3. The lowest BCUT2D eigenvalue weighted by Crippen LogP contribution is -2.55. The first kappa shape index (κ1) is 26.8. The molecular weight excluding hydrogens is 353 g/mol. The molecular formula is C23H47NO2P+. The van der Waals surface area contributed by atoms with Gasteiger partial charge in [0.15, 0.2) is 0 Å². The van der Waals surface area contributed by atoms with E-state index in [0.29, 0.717) is 4.48 Å². The molecule has 0 spiro atoms. The van der Waals surface area contributed by atoms with Crippen LogP contribution in [-0.2, 0) is 4.57 Å². The van der Waals surface area contributed by atoms with E-state index in [4.69, 9.17) is 0 Å². The summed E-state index contributed by atoms with van der Waals surface area (Å²) < 4.78 is 12.6. The number of quaternary nitrogens is 1. The molecule has 0 radical (unpaired) electrons. The Morgan fingerprint density at radius 1 is 0.741 bits per heavy atom. The van der Waals surface area contributed by atoms with Crippen molar-refractivity contribution in [3.8, 4) is 0 Å². The second kappa shape index (κ2) is 15.7. The number of hydrogen-bond donors (Lipinski definition) is 0. The lowest BCUT2D eigenvalue weighted by Gasteiger charge is -2.39. The molecule has 0 saturated carbocycles. The van der Waals surface area contributed by atoms with Crippen LogP contribution in [0.4, 0.5) is 0 Å². The van der Waals surface area contributed by atoms with Gasteiger partial charge in [0.05, 0.1) is 21.1 Å². The minimum Gasteiger partial charge on any atom is -0.590 e. The Labute approximate surface area is 171 Å². The Hall–Kier alpha value is -0.240. The van der Waals surface area contributed by atoms with Crippen molar-refractivity contribution >= 4 is 8.03 Å². The molecule has 0 N–H and O–H groups in total. The van der Waals surface area contributed by atoms with Crippen molar-refractivity contribution in [2.45, 2.75) is 115 Å². The molecule has 0 bridgehead atoms. The molecule has 4 heteroatoms. The van der Waals surface area contributed by atoms with E-state index >= 15 is 0 Å². The minimum absolute atomic E-state index is 0.518. The van der Waals surface area contributed by atoms with E-state index in [1.807, 2.05) is 21.1 Å². The molecule has 0 aromatic carbocycles. The zero-order valence-electron chi connectivity index (χ0n) is 19.0. The lowest BCUT2D eigenvalue weighted by molar-refractivity contribution is -0.910. The van der Waals surface area contributed by atoms with E-state index in [0.717, 1.165) is 32.1 Å². The van der Waals surface area contributed by atoms with Gasteiger partial charge >= 0.3 is 8.03 Å². The van der Waals surface area contributed by atoms with Crippen molar-refractivity contribution in [2.24, 2.45) is 0 Å². The summed E-state index contributed by atoms with van der Waals surface area (Å²) in [6.07, 6.45) is 22.3. The number of unbranched alkanes of at least 4 members (excludes halogenated alkanes) is 10. The smallest absolute Gasteiger partial charge is 0.376 e. The van der Waals surface area contributed by atoms with Crippen LogP contribution in [0.5, 0.6) is 0 Å². The summed E-state index contributed by atoms with van der Waals surface area (Å²) in [5.41, 5.74) is 0. The zero-order chi connectivity index (χ0) is 20.6. The topological polar surface area (TPSA) is 40.1 Å². The molecule has 0 aliphatic rings. The van der Waals surface area contributed by atoms with Crippen LogP contribution in [0.3, 0.4) is 0 Å². The van der Waals surface area contributed by atoms with Crippen LogP contribution in [0.15, 0.2) is 12.2 Å². The van der Waals surface area contributed by atoms with Gasteiger partial charge in [0.1, 0.15) is 0 Å². The Bertz CT molecular complexity index is 404. The summed E-state index contributed by atoms with van der Waals surface area (Å²) in [6.45, 7) is 4.34. The highest BCUT2D eigenvalue weighted by Gasteiger charge is 2.53. The molecule has 160 valence electrons. The lowest BCUT2D eigenvalue weighted by atomic mass is 9.99. The van der Waals surface area contributed by atoms with Crippen molar-refractivity contribution < 1.29 is 13.9 Å². The Kier molecular flexibility index (Phi) is 15.5. The Balaban J connectivity index is 3.86. The molecule has 27 heavy (non-hydrogen) atoms. The fourth-order valence-corrected chi connectivity index (χ4v) is 5.16. The largest absolute Gasteiger partial charge is 0.590 e. The third-order valence-corrected chi connectivity index (χ3v) is 7.55. The van der Waals surface area contributed by atoms with Gasteiger partial charge in [-0.05, 0) is 38.5 Å². The van der Waals surface area contributed by atoms with Gasteiger partial charge in [-0.25, -0.2) is 0 Å². The molecule has 3 nitrogen and oxygen atoms in total. The van der Waals surface area contributed by atoms with Gasteiger partial charge in [-0.15, -0.1) is 0 Å². The Morgan fingerprint density at radius 2 is 1.22 bits per heavy atom. The summed E-state index contributed by atoms with van der Waals surface area (Å²) in [5, 5.41) is -0.591. The molecule has 0 fully saturated rings. The van der Waals surface area contributed by atoms with Crippen LogP contribution in [-0.4, -0.2) is 30.9 Å². The SMILES string of the molecule is CCCCCC/C=C\CCCCCCCCC(CCC)([P+](=O)[O-])[N+](C)(C)C. The van der Waals surface area contributed by atoms with Crippen LogP contribution >= 0.6 is 8.03 Å². The molecule has 0 saturated heterocycles. The molecule has 0 rings (SSSR count). The fraction of sp³-hybridized carbons (Fsp3) is 0.913. The molecule has 0 aromatic heterocycles. The van der Waals surface area contributed by atoms with Gasteiger partial charge in [-0.3, -0.25) is 4.48 Å². The van der Waals surface area contributed by atoms with Gasteiger partial charge in [-0.1, -0.05) is 75.5 Å². The predicted octanol–water partition coefficient (Wildman–Crippen LogP) is 6.94. The predicted molar refractivity (Wildman–Crippen MR) is 118 cm³/mol. The van der Waals surface area contributed by atoms with Gasteiger partial charge in [0.2, 0.25) is 0 Å². The number of nitrogens with zero attached hydrogens (tertiary/aromatic N) is 1. The van der Waals surface area contributed by atoms with Crippen LogP contribution in [0.25, 0.3) is 0 Å². The highest BCUT2D eigenvalue weighted by atomic mass is 31.1. The molecule has 2 unspecified atom stereocenters. The average Bonchev–Trinajstić information content (AvgIpc) is 2.59. The third kappa shape index (κ3) is 11.4. The van der Waals surface area contributed by atoms with E-state index in [1.165, 1.54) is 64.2 Å². The normalized spacial score (nSPS) is 15.3. The highest BCUT2D eigenvalue weighted by molar-refractivity contribution is 7.38. The van der Waals surface area contributed by atoms with E-state index < -0.39 is 13.3 Å². The first-order valence-electron chi connectivity index (χ1n) is 11.4. The molecule has 0 aromatic rings. The van der Waals surface area contributed by atoms with E-state index in [1.54, 1.807) is 0 Å². The van der Waals surface area contributed by atoms with E-state index in [9.17, 15) is 9.46 Å². The fourth-order valence-electron chi connectivity index (χ4n) is 3.93. The van der Waals surface area contributed by atoms with Crippen molar-refractivity contribution in [3.05, 3.63) is 12.2 Å². The average molecular weight is 401 g/mol. The maximum absolute atomic E-state index is 12.0. The number of allylic oxidation sites excluding steroid dienone is 2. The second-order valence-electron chi connectivity index (χ2n) is 8.98. The van der Waals surface area contributed by atoms with Crippen LogP contribution in [0, 0.1) is 0 Å². The standard InChI is InChI=1S/C23H47NO2P/c1-6-8-9-10-11-12-13-14-15-16-17-18-19-20-22-23(21-7-2,27(25)26)24(3,4)5/h12-13H,6-11,14-22H2,1-5H3/q+1/b13-12-. The van der Waals surface area contributed by atoms with Gasteiger partial charge in [0, 0.05) is 12.8 Å². The van der Waals surface area contributed by atoms with E-state index in [-0.39, 0.29) is 0 Å². The summed E-state index contributed by atoms with van der Waals surface area (Å²) in [4.78, 5) is 12.0. The van der Waals surface area contributed by atoms with Crippen molar-refractivity contribution in [1.82, 2.24) is 0 Å². The Morgan fingerprint density at radius 3 is 1.67 bits per heavy atom. The quantitative estimate of drug-likeness (QED) is 0.108. The van der Waals surface area contributed by atoms with Crippen molar-refractivity contribution in [1.29, 1.82) is 0 Å². The summed E-state index contributed by atoms with van der Waals surface area (Å²) in [6, 6.07) is 0. The molecule has 0 heterocycles. The van der Waals surface area contributed by atoms with Gasteiger partial charge in [0.25, 0.3) is 5.28 Å². The van der Waals surface area contributed by atoms with Crippen molar-refractivity contribution in [2.75, 3.05) is 21.1 Å². The maximum atomic E-state index is 12.0. The van der Waals surface area contributed by atoms with E-state index in [2.05, 4.69) is 26.0 Å². The van der Waals surface area contributed by atoms with Crippen molar-refractivity contribution in [3.63, 3.8) is 0 Å². The monoisotopic (exact) mass is 400 g/mol. The van der Waals surface area contributed by atoms with Crippen LogP contribution in [0.2, 0.25) is 0 Å². The molecule has 2 atom stereocenters. The molecule has 0 aliphatic heterocycles. The summed E-state index contributed by atoms with van der Waals surface area (Å²) in [7, 11) is 3.66. The summed E-state index contributed by atoms with van der Waals surface area (Å²) in [5.74, 6) is 0. The minimum atomic E-state index is -2.42.